The number of fused-ring (bicyclic) bond motifs is 5. The Labute approximate surface area is 260 Å². The quantitative estimate of drug-likeness (QED) is 0.0952. The topological polar surface area (TPSA) is 17.8 Å². The molecule has 2 heterocycles. The van der Waals surface area contributed by atoms with E-state index in [2.05, 4.69) is 143 Å². The van der Waals surface area contributed by atoms with Gasteiger partial charge < -0.3 is 0 Å². The van der Waals surface area contributed by atoms with E-state index in [-0.39, 0.29) is 0 Å². The minimum Gasteiger partial charge on any atom is -0.295 e. The normalized spacial score (nSPS) is 12.7. The van der Waals surface area contributed by atoms with Crippen LogP contribution in [0.1, 0.15) is 19.4 Å². The summed E-state index contributed by atoms with van der Waals surface area (Å²) >= 11 is 2.33. The van der Waals surface area contributed by atoms with Gasteiger partial charge in [0.2, 0.25) is 0 Å². The van der Waals surface area contributed by atoms with E-state index in [1.165, 1.54) is 38.2 Å². The van der Waals surface area contributed by atoms with Crippen LogP contribution in [0.4, 0.5) is 0 Å². The van der Waals surface area contributed by atoms with Crippen molar-refractivity contribution in [3.63, 3.8) is 0 Å². The monoisotopic (exact) mass is 654 g/mol. The molecule has 0 unspecified atom stereocenters. The largest absolute Gasteiger partial charge is 0.295 e. The molecule has 0 fully saturated rings. The molecule has 0 aliphatic heterocycles. The van der Waals surface area contributed by atoms with Gasteiger partial charge in [-0.3, -0.25) is 4.57 Å². The fourth-order valence-electron chi connectivity index (χ4n) is 5.79. The summed E-state index contributed by atoms with van der Waals surface area (Å²) in [6.07, 6.45) is 16.3. The summed E-state index contributed by atoms with van der Waals surface area (Å²) < 4.78 is 3.32. The highest BCUT2D eigenvalue weighted by atomic mass is 127. The van der Waals surface area contributed by atoms with Crippen LogP contribution < -0.4 is 0 Å². The van der Waals surface area contributed by atoms with E-state index in [4.69, 9.17) is 4.98 Å². The zero-order chi connectivity index (χ0) is 29.2. The van der Waals surface area contributed by atoms with Gasteiger partial charge in [0.15, 0.2) is 0 Å². The highest BCUT2D eigenvalue weighted by Crippen LogP contribution is 2.43. The molecule has 0 atom stereocenters. The molecule has 0 amide bonds. The average Bonchev–Trinajstić information content (AvgIpc) is 3.36. The molecule has 2 nitrogen and oxygen atoms in total. The Hall–Kier alpha value is -4.48. The molecule has 0 saturated heterocycles. The Bertz CT molecular complexity index is 2090. The summed E-state index contributed by atoms with van der Waals surface area (Å²) in [4.78, 5) is 4.78. The first-order chi connectivity index (χ1) is 20.5. The molecule has 0 bridgehead atoms. The number of benzene rings is 4. The fourth-order valence-corrected chi connectivity index (χ4v) is 5.97. The van der Waals surface area contributed by atoms with Crippen molar-refractivity contribution in [2.75, 3.05) is 0 Å². The molecule has 0 saturated carbocycles. The van der Waals surface area contributed by atoms with Gasteiger partial charge in [-0.2, -0.15) is 0 Å². The Morgan fingerprint density at radius 1 is 0.738 bits per heavy atom. The molecule has 3 heteroatoms. The summed E-state index contributed by atoms with van der Waals surface area (Å²) in [5, 5.41) is 7.08. The van der Waals surface area contributed by atoms with Crippen LogP contribution in [0.15, 0.2) is 144 Å². The zero-order valence-corrected chi connectivity index (χ0v) is 26.0. The van der Waals surface area contributed by atoms with Crippen LogP contribution in [0, 0.1) is 0 Å². The van der Waals surface area contributed by atoms with Crippen molar-refractivity contribution in [2.24, 2.45) is 0 Å². The predicted octanol–water partition coefficient (Wildman–Crippen LogP) is 11.7. The van der Waals surface area contributed by atoms with Gasteiger partial charge in [-0.25, -0.2) is 4.98 Å². The van der Waals surface area contributed by atoms with E-state index in [0.717, 1.165) is 36.8 Å². The lowest BCUT2D eigenvalue weighted by Gasteiger charge is -2.18. The van der Waals surface area contributed by atoms with Crippen molar-refractivity contribution >= 4 is 77.3 Å². The maximum atomic E-state index is 4.78. The van der Waals surface area contributed by atoms with Crippen molar-refractivity contribution in [1.29, 1.82) is 0 Å². The third-order valence-corrected chi connectivity index (χ3v) is 8.65. The first-order valence-electron chi connectivity index (χ1n) is 14.0. The molecule has 6 aromatic rings. The SMILES string of the molecule is C=C(/C=C\C=C/C)c1c2ccccc2c(-c2ccc3c(c2)c2cccnc2n3C(=C)/C=C\C(I)=C/C)c2ccccc12. The zero-order valence-electron chi connectivity index (χ0n) is 23.8. The van der Waals surface area contributed by atoms with E-state index >= 15 is 0 Å². The minimum absolute atomic E-state index is 0.877. The first-order valence-corrected chi connectivity index (χ1v) is 15.1. The number of hydrogen-bond acceptors (Lipinski definition) is 1. The highest BCUT2D eigenvalue weighted by Gasteiger charge is 2.18. The van der Waals surface area contributed by atoms with E-state index in [0.29, 0.717) is 0 Å². The van der Waals surface area contributed by atoms with Crippen LogP contribution in [0.5, 0.6) is 0 Å². The predicted molar refractivity (Wildman–Crippen MR) is 193 cm³/mol. The summed E-state index contributed by atoms with van der Waals surface area (Å²) in [6.45, 7) is 12.9. The minimum atomic E-state index is 0.877. The van der Waals surface area contributed by atoms with Gasteiger partial charge in [0.05, 0.1) is 5.52 Å². The number of aromatic nitrogens is 2. The lowest BCUT2D eigenvalue weighted by Crippen LogP contribution is -1.95. The molecular formula is C39H31IN2. The average molecular weight is 655 g/mol. The molecule has 2 aromatic heterocycles. The molecule has 4 aromatic carbocycles. The summed E-state index contributed by atoms with van der Waals surface area (Å²) in [5.41, 5.74) is 7.44. The van der Waals surface area contributed by atoms with Crippen LogP contribution >= 0.6 is 22.6 Å². The van der Waals surface area contributed by atoms with Crippen LogP contribution in [-0.4, -0.2) is 9.55 Å². The molecule has 0 radical (unpaired) electrons. The van der Waals surface area contributed by atoms with Crippen molar-refractivity contribution < 1.29 is 0 Å². The van der Waals surface area contributed by atoms with E-state index < -0.39 is 0 Å². The first kappa shape index (κ1) is 27.7. The highest BCUT2D eigenvalue weighted by molar-refractivity contribution is 14.1. The Kier molecular flexibility index (Phi) is 7.77. The Morgan fingerprint density at radius 2 is 1.40 bits per heavy atom. The second kappa shape index (κ2) is 11.8. The van der Waals surface area contributed by atoms with Crippen molar-refractivity contribution in [3.8, 4) is 11.1 Å². The molecule has 0 aliphatic carbocycles. The van der Waals surface area contributed by atoms with Crippen molar-refractivity contribution in [3.05, 3.63) is 150 Å². The van der Waals surface area contributed by atoms with Gasteiger partial charge >= 0.3 is 0 Å². The lowest BCUT2D eigenvalue weighted by atomic mass is 9.86. The third kappa shape index (κ3) is 4.84. The van der Waals surface area contributed by atoms with Gasteiger partial charge in [-0.05, 0) is 117 Å². The molecule has 42 heavy (non-hydrogen) atoms. The van der Waals surface area contributed by atoms with E-state index in [9.17, 15) is 0 Å². The Balaban J connectivity index is 1.64. The number of halogens is 1. The van der Waals surface area contributed by atoms with Crippen LogP contribution in [0.3, 0.4) is 0 Å². The second-order valence-corrected chi connectivity index (χ2v) is 11.4. The summed E-state index contributed by atoms with van der Waals surface area (Å²) in [6, 6.07) is 28.3. The molecule has 0 aliphatic rings. The molecule has 6 rings (SSSR count). The molecular weight excluding hydrogens is 623 g/mol. The lowest BCUT2D eigenvalue weighted by molar-refractivity contribution is 1.18. The second-order valence-electron chi connectivity index (χ2n) is 10.2. The number of allylic oxidation sites excluding steroid dienone is 10. The fraction of sp³-hybridized carbons (Fsp3) is 0.0513. The van der Waals surface area contributed by atoms with E-state index in [1.807, 2.05) is 38.3 Å². The van der Waals surface area contributed by atoms with Crippen LogP contribution in [-0.2, 0) is 0 Å². The number of nitrogens with zero attached hydrogens (tertiary/aromatic N) is 2. The van der Waals surface area contributed by atoms with Crippen LogP contribution in [0.2, 0.25) is 0 Å². The third-order valence-electron chi connectivity index (χ3n) is 7.67. The summed E-state index contributed by atoms with van der Waals surface area (Å²) in [7, 11) is 0. The number of pyridine rings is 1. The smallest absolute Gasteiger partial charge is 0.145 e. The van der Waals surface area contributed by atoms with Gasteiger partial charge in [-0.1, -0.05) is 98.1 Å². The number of hydrogen-bond donors (Lipinski definition) is 0. The van der Waals surface area contributed by atoms with Crippen LogP contribution in [0.25, 0.3) is 65.9 Å². The Morgan fingerprint density at radius 3 is 2.07 bits per heavy atom. The van der Waals surface area contributed by atoms with Gasteiger partial charge in [0, 0.05) is 26.2 Å². The van der Waals surface area contributed by atoms with Gasteiger partial charge in [0.25, 0.3) is 0 Å². The standard InChI is InChI=1S/C39H31IN2/c1-5-7-8-14-26(3)37-30-15-9-11-17-32(30)38(33-18-12-10-16-31(33)37)28-21-23-36-35(25-28)34-19-13-24-41-39(34)42(36)27(4)20-22-29(40)6-2/h5-25H,3-4H2,1-2H3/b7-5-,14-8-,22-20-,29-6+. The molecule has 0 N–H and O–H groups in total. The summed E-state index contributed by atoms with van der Waals surface area (Å²) in [5.74, 6) is 0. The van der Waals surface area contributed by atoms with Gasteiger partial charge in [-0.15, -0.1) is 0 Å². The maximum absolute atomic E-state index is 4.78. The molecule has 0 spiro atoms. The van der Waals surface area contributed by atoms with Crippen molar-refractivity contribution in [2.45, 2.75) is 13.8 Å². The van der Waals surface area contributed by atoms with E-state index in [1.54, 1.807) is 0 Å². The van der Waals surface area contributed by atoms with Crippen molar-refractivity contribution in [1.82, 2.24) is 9.55 Å². The number of rotatable bonds is 7. The maximum Gasteiger partial charge on any atom is 0.145 e. The molecule has 204 valence electrons. The van der Waals surface area contributed by atoms with Gasteiger partial charge in [0.1, 0.15) is 5.65 Å².